The summed E-state index contributed by atoms with van der Waals surface area (Å²) >= 11 is 1.76. The summed E-state index contributed by atoms with van der Waals surface area (Å²) < 4.78 is 6.47. The molecule has 1 aliphatic heterocycles. The summed E-state index contributed by atoms with van der Waals surface area (Å²) in [5.74, 6) is 1.38. The molecule has 2 fully saturated rings. The Hall–Kier alpha value is -1.77. The summed E-state index contributed by atoms with van der Waals surface area (Å²) in [6, 6.07) is 0.436. The van der Waals surface area contributed by atoms with E-state index in [0.29, 0.717) is 18.5 Å². The molecular formula is C24H34N4O3S. The molecule has 0 unspecified atom stereocenters. The van der Waals surface area contributed by atoms with Gasteiger partial charge in [-0.25, -0.2) is 9.97 Å². The van der Waals surface area contributed by atoms with Gasteiger partial charge in [-0.1, -0.05) is 0 Å². The molecule has 5 rings (SSSR count). The second-order valence-corrected chi connectivity index (χ2v) is 10.7. The molecule has 8 heteroatoms. The van der Waals surface area contributed by atoms with E-state index in [-0.39, 0.29) is 18.6 Å². The molecule has 1 amide bonds. The number of nitrogens with zero attached hydrogens (tertiary/aromatic N) is 4. The molecule has 2 aromatic heterocycles. The van der Waals surface area contributed by atoms with E-state index in [1.54, 1.807) is 17.7 Å². The summed E-state index contributed by atoms with van der Waals surface area (Å²) in [6.07, 6.45) is 11.0. The van der Waals surface area contributed by atoms with E-state index in [1.807, 2.05) is 4.90 Å². The summed E-state index contributed by atoms with van der Waals surface area (Å²) in [5.41, 5.74) is 1.32. The van der Waals surface area contributed by atoms with Crippen molar-refractivity contribution in [2.24, 2.45) is 0 Å². The number of thiophene rings is 1. The maximum atomic E-state index is 12.5. The highest BCUT2D eigenvalue weighted by atomic mass is 32.1. The smallest absolute Gasteiger partial charge is 0.236 e. The fraction of sp³-hybridized carbons (Fsp3) is 0.708. The van der Waals surface area contributed by atoms with Crippen molar-refractivity contribution in [2.45, 2.75) is 75.9 Å². The first-order valence-corrected chi connectivity index (χ1v) is 13.0. The van der Waals surface area contributed by atoms with Gasteiger partial charge in [-0.05, 0) is 76.3 Å². The van der Waals surface area contributed by atoms with Gasteiger partial charge in [-0.3, -0.25) is 9.69 Å². The van der Waals surface area contributed by atoms with Gasteiger partial charge in [0.15, 0.2) is 0 Å². The van der Waals surface area contributed by atoms with Crippen LogP contribution in [0.1, 0.15) is 67.7 Å². The molecule has 7 nitrogen and oxygen atoms in total. The molecule has 2 aromatic rings. The molecule has 3 heterocycles. The van der Waals surface area contributed by atoms with E-state index in [4.69, 9.17) is 4.74 Å². The zero-order chi connectivity index (χ0) is 22.1. The minimum Gasteiger partial charge on any atom is -0.474 e. The van der Waals surface area contributed by atoms with Crippen LogP contribution in [0.4, 0.5) is 0 Å². The monoisotopic (exact) mass is 458 g/mol. The Morgan fingerprint density at radius 3 is 2.75 bits per heavy atom. The van der Waals surface area contributed by atoms with E-state index in [2.05, 4.69) is 21.9 Å². The number of fused-ring (bicyclic) bond motifs is 3. The van der Waals surface area contributed by atoms with Crippen molar-refractivity contribution in [3.8, 4) is 5.88 Å². The van der Waals surface area contributed by atoms with Crippen molar-refractivity contribution >= 4 is 27.5 Å². The quantitative estimate of drug-likeness (QED) is 0.686. The maximum absolute atomic E-state index is 12.5. The van der Waals surface area contributed by atoms with Gasteiger partial charge in [0.25, 0.3) is 0 Å². The zero-order valence-electron chi connectivity index (χ0n) is 19.0. The Morgan fingerprint density at radius 1 is 1.22 bits per heavy atom. The highest BCUT2D eigenvalue weighted by Gasteiger charge is 2.32. The average molecular weight is 459 g/mol. The molecule has 0 bridgehead atoms. The largest absolute Gasteiger partial charge is 0.474 e. The highest BCUT2D eigenvalue weighted by Crippen LogP contribution is 2.47. The van der Waals surface area contributed by atoms with Crippen LogP contribution in [-0.2, 0) is 11.2 Å². The summed E-state index contributed by atoms with van der Waals surface area (Å²) in [7, 11) is 2.09. The van der Waals surface area contributed by atoms with E-state index >= 15 is 0 Å². The van der Waals surface area contributed by atoms with Crippen LogP contribution in [0.5, 0.6) is 5.88 Å². The molecule has 1 saturated carbocycles. The molecule has 0 radical (unpaired) electrons. The van der Waals surface area contributed by atoms with E-state index < -0.39 is 0 Å². The average Bonchev–Trinajstić information content (AvgIpc) is 3.53. The number of rotatable bonds is 7. The number of aliphatic hydroxyl groups excluding tert-OH is 1. The minimum absolute atomic E-state index is 0.153. The van der Waals surface area contributed by atoms with E-state index in [9.17, 15) is 9.90 Å². The Labute approximate surface area is 193 Å². The van der Waals surface area contributed by atoms with Crippen LogP contribution < -0.4 is 4.74 Å². The first-order chi connectivity index (χ1) is 15.6. The van der Waals surface area contributed by atoms with Gasteiger partial charge in [0.2, 0.25) is 11.8 Å². The third kappa shape index (κ3) is 4.37. The third-order valence-electron chi connectivity index (χ3n) is 7.56. The molecule has 0 aromatic carbocycles. The lowest BCUT2D eigenvalue weighted by atomic mass is 9.92. The van der Waals surface area contributed by atoms with Gasteiger partial charge in [0, 0.05) is 30.6 Å². The number of likely N-dealkylation sites (tertiary alicyclic amines) is 1. The van der Waals surface area contributed by atoms with Crippen molar-refractivity contribution in [1.29, 1.82) is 0 Å². The number of ether oxygens (including phenoxy) is 1. The lowest BCUT2D eigenvalue weighted by Crippen LogP contribution is -2.44. The summed E-state index contributed by atoms with van der Waals surface area (Å²) in [4.78, 5) is 28.2. The van der Waals surface area contributed by atoms with Gasteiger partial charge in [-0.15, -0.1) is 11.3 Å². The van der Waals surface area contributed by atoms with Crippen LogP contribution in [0.3, 0.4) is 0 Å². The number of hydrogen-bond acceptors (Lipinski definition) is 7. The Balaban J connectivity index is 1.21. The summed E-state index contributed by atoms with van der Waals surface area (Å²) in [6.45, 7) is 2.58. The van der Waals surface area contributed by atoms with Gasteiger partial charge in [0.05, 0.1) is 11.9 Å². The zero-order valence-corrected chi connectivity index (χ0v) is 19.8. The van der Waals surface area contributed by atoms with E-state index in [0.717, 1.165) is 87.0 Å². The molecule has 0 spiro atoms. The Bertz CT molecular complexity index is 950. The van der Waals surface area contributed by atoms with Crippen LogP contribution >= 0.6 is 11.3 Å². The third-order valence-corrected chi connectivity index (χ3v) is 8.74. The summed E-state index contributed by atoms with van der Waals surface area (Å²) in [5, 5.41) is 10.6. The van der Waals surface area contributed by atoms with Crippen LogP contribution in [0.15, 0.2) is 6.33 Å². The molecular weight excluding hydrogens is 424 g/mol. The lowest BCUT2D eigenvalue weighted by Gasteiger charge is -2.35. The molecule has 1 N–H and O–H groups in total. The molecule has 3 aliphatic rings. The molecule has 1 atom stereocenters. The first kappa shape index (κ1) is 22.0. The van der Waals surface area contributed by atoms with Crippen molar-refractivity contribution in [3.63, 3.8) is 0 Å². The molecule has 32 heavy (non-hydrogen) atoms. The van der Waals surface area contributed by atoms with Gasteiger partial charge >= 0.3 is 0 Å². The van der Waals surface area contributed by atoms with Gasteiger partial charge < -0.3 is 14.7 Å². The Kier molecular flexibility index (Phi) is 6.62. The SMILES string of the molecule is CN(CC(=O)N1CCCC1)[C@H]1CC[C@H](Oc2ncnc3sc4c(c23)[C@@H](CCO)CC4)CC1. The normalized spacial score (nSPS) is 25.6. The standard InChI is InChI=1S/C24H34N4O3S/c1-27(14-20(30)28-11-2-3-12-28)17-5-7-18(8-6-17)31-23-22-21-16(10-13-29)4-9-19(21)32-24(22)26-15-25-23/h15-18,29H,2-14H2,1H3/t16-,17-,18-/m1/s1. The van der Waals surface area contributed by atoms with Crippen LogP contribution in [-0.4, -0.2) is 76.2 Å². The lowest BCUT2D eigenvalue weighted by molar-refractivity contribution is -0.131. The molecule has 1 saturated heterocycles. The first-order valence-electron chi connectivity index (χ1n) is 12.2. The number of carbonyl (C=O) groups excluding carboxylic acids is 1. The fourth-order valence-electron chi connectivity index (χ4n) is 5.74. The number of carbonyl (C=O) groups is 1. The predicted octanol–water partition coefficient (Wildman–Crippen LogP) is 3.35. The van der Waals surface area contributed by atoms with Gasteiger partial charge in [-0.2, -0.15) is 0 Å². The van der Waals surface area contributed by atoms with Crippen LogP contribution in [0.25, 0.3) is 10.2 Å². The van der Waals surface area contributed by atoms with E-state index in [1.165, 1.54) is 10.4 Å². The predicted molar refractivity (Wildman–Crippen MR) is 125 cm³/mol. The topological polar surface area (TPSA) is 78.8 Å². The number of aliphatic hydroxyl groups is 1. The number of aromatic nitrogens is 2. The van der Waals surface area contributed by atoms with Crippen LogP contribution in [0, 0.1) is 0 Å². The second-order valence-electron chi connectivity index (χ2n) is 9.60. The molecule has 2 aliphatic carbocycles. The number of hydrogen-bond donors (Lipinski definition) is 1. The highest BCUT2D eigenvalue weighted by molar-refractivity contribution is 7.19. The number of aryl methyl sites for hydroxylation is 1. The van der Waals surface area contributed by atoms with Gasteiger partial charge in [0.1, 0.15) is 17.3 Å². The van der Waals surface area contributed by atoms with Crippen molar-refractivity contribution in [1.82, 2.24) is 19.8 Å². The van der Waals surface area contributed by atoms with Crippen molar-refractivity contribution in [3.05, 3.63) is 16.8 Å². The Morgan fingerprint density at radius 2 is 2.00 bits per heavy atom. The van der Waals surface area contributed by atoms with Crippen molar-refractivity contribution < 1.29 is 14.6 Å². The van der Waals surface area contributed by atoms with Crippen molar-refractivity contribution in [2.75, 3.05) is 33.3 Å². The van der Waals surface area contributed by atoms with Crippen LogP contribution in [0.2, 0.25) is 0 Å². The number of amides is 1. The number of likely N-dealkylation sites (N-methyl/N-ethyl adjacent to an activating group) is 1. The minimum atomic E-state index is 0.153. The maximum Gasteiger partial charge on any atom is 0.236 e. The molecule has 174 valence electrons. The fourth-order valence-corrected chi connectivity index (χ4v) is 6.98. The second kappa shape index (κ2) is 9.61.